The summed E-state index contributed by atoms with van der Waals surface area (Å²) in [5.74, 6) is 2.41. The van der Waals surface area contributed by atoms with Gasteiger partial charge in [0, 0.05) is 35.5 Å². The molecule has 23 heavy (non-hydrogen) atoms. The minimum Gasteiger partial charge on any atom is -0.474 e. The topological polar surface area (TPSA) is 79.9 Å². The second kappa shape index (κ2) is 5.96. The van der Waals surface area contributed by atoms with Crippen LogP contribution in [0.3, 0.4) is 0 Å². The molecular formula is C16H20N4O2S. The number of rotatable bonds is 5. The number of carbonyl (C=O) groups excluding carboxylic acids is 1. The van der Waals surface area contributed by atoms with E-state index < -0.39 is 0 Å². The van der Waals surface area contributed by atoms with E-state index in [-0.39, 0.29) is 12.0 Å². The number of ether oxygens (including phenoxy) is 1. The predicted octanol–water partition coefficient (Wildman–Crippen LogP) is 3.42. The van der Waals surface area contributed by atoms with Crippen LogP contribution in [0.4, 0.5) is 5.82 Å². The van der Waals surface area contributed by atoms with Gasteiger partial charge in [-0.25, -0.2) is 0 Å². The van der Waals surface area contributed by atoms with Gasteiger partial charge in [-0.1, -0.05) is 0 Å². The van der Waals surface area contributed by atoms with Crippen molar-refractivity contribution in [3.05, 3.63) is 22.7 Å². The molecular weight excluding hydrogens is 312 g/mol. The van der Waals surface area contributed by atoms with Crippen molar-refractivity contribution in [1.29, 1.82) is 0 Å². The number of carbonyl (C=O) groups is 1. The number of aromatic amines is 1. The van der Waals surface area contributed by atoms with Crippen LogP contribution < -0.4 is 10.1 Å². The van der Waals surface area contributed by atoms with E-state index in [1.54, 1.807) is 0 Å². The average molecular weight is 332 g/mol. The SMILES string of the molecule is CC(=O)Nc1cc([C@@H]2CC[C@H](Oc3nscc3C3CC3)C2)[nH]n1. The molecule has 2 aliphatic rings. The van der Waals surface area contributed by atoms with Gasteiger partial charge in [0.1, 0.15) is 6.10 Å². The van der Waals surface area contributed by atoms with Crippen molar-refractivity contribution in [3.8, 4) is 5.88 Å². The molecule has 122 valence electrons. The monoisotopic (exact) mass is 332 g/mol. The van der Waals surface area contributed by atoms with Gasteiger partial charge in [0.25, 0.3) is 0 Å². The summed E-state index contributed by atoms with van der Waals surface area (Å²) in [7, 11) is 0. The molecule has 0 aliphatic heterocycles. The number of hydrogen-bond donors (Lipinski definition) is 2. The molecule has 2 aliphatic carbocycles. The standard InChI is InChI=1S/C16H20N4O2S/c1-9(21)17-15-7-14(18-19-15)11-4-5-12(6-11)22-16-13(8-23-20-16)10-2-3-10/h7-8,10-12H,2-6H2,1H3,(H2,17,18,19,21)/t11-,12+/m1/s1. The lowest BCUT2D eigenvalue weighted by Gasteiger charge is -2.13. The smallest absolute Gasteiger partial charge is 0.228 e. The Labute approximate surface area is 138 Å². The van der Waals surface area contributed by atoms with Crippen LogP contribution in [0, 0.1) is 0 Å². The number of anilines is 1. The summed E-state index contributed by atoms with van der Waals surface area (Å²) in [4.78, 5) is 11.1. The van der Waals surface area contributed by atoms with E-state index in [0.717, 1.165) is 30.8 Å². The first kappa shape index (κ1) is 14.7. The highest BCUT2D eigenvalue weighted by atomic mass is 32.1. The second-order valence-corrected chi connectivity index (χ2v) is 7.12. The lowest BCUT2D eigenvalue weighted by atomic mass is 10.0. The second-order valence-electron chi connectivity index (χ2n) is 6.49. The van der Waals surface area contributed by atoms with Gasteiger partial charge < -0.3 is 10.1 Å². The third-order valence-electron chi connectivity index (χ3n) is 4.58. The molecule has 0 radical (unpaired) electrons. The number of nitrogens with zero attached hydrogens (tertiary/aromatic N) is 2. The first-order valence-corrected chi connectivity index (χ1v) is 8.96. The van der Waals surface area contributed by atoms with Gasteiger partial charge in [0.15, 0.2) is 5.82 Å². The van der Waals surface area contributed by atoms with Crippen LogP contribution >= 0.6 is 11.5 Å². The summed E-state index contributed by atoms with van der Waals surface area (Å²) in [6.45, 7) is 1.49. The number of nitrogens with one attached hydrogen (secondary N) is 2. The van der Waals surface area contributed by atoms with Crippen LogP contribution in [0.15, 0.2) is 11.4 Å². The molecule has 2 aromatic heterocycles. The van der Waals surface area contributed by atoms with Gasteiger partial charge in [-0.2, -0.15) is 9.47 Å². The van der Waals surface area contributed by atoms with Gasteiger partial charge in [0.05, 0.1) is 0 Å². The van der Waals surface area contributed by atoms with Gasteiger partial charge >= 0.3 is 0 Å². The Morgan fingerprint density at radius 3 is 2.96 bits per heavy atom. The number of H-pyrrole nitrogens is 1. The first-order chi connectivity index (χ1) is 11.2. The Morgan fingerprint density at radius 1 is 1.35 bits per heavy atom. The van der Waals surface area contributed by atoms with E-state index >= 15 is 0 Å². The zero-order valence-electron chi connectivity index (χ0n) is 13.0. The third kappa shape index (κ3) is 3.24. The summed E-state index contributed by atoms with van der Waals surface area (Å²) >= 11 is 1.49. The van der Waals surface area contributed by atoms with Crippen molar-refractivity contribution in [3.63, 3.8) is 0 Å². The average Bonchev–Trinajstić information content (AvgIpc) is 2.91. The summed E-state index contributed by atoms with van der Waals surface area (Å²) in [6, 6.07) is 1.92. The molecule has 2 fully saturated rings. The van der Waals surface area contributed by atoms with Gasteiger partial charge in [-0.15, -0.1) is 0 Å². The summed E-state index contributed by atoms with van der Waals surface area (Å²) in [6.07, 6.45) is 5.80. The van der Waals surface area contributed by atoms with Crippen LogP contribution in [0.25, 0.3) is 0 Å². The van der Waals surface area contributed by atoms with Crippen LogP contribution in [-0.4, -0.2) is 26.6 Å². The molecule has 2 aromatic rings. The van der Waals surface area contributed by atoms with Crippen molar-refractivity contribution in [2.24, 2.45) is 0 Å². The highest BCUT2D eigenvalue weighted by Gasteiger charge is 2.32. The lowest BCUT2D eigenvalue weighted by molar-refractivity contribution is -0.114. The van der Waals surface area contributed by atoms with Crippen molar-refractivity contribution in [2.45, 2.75) is 57.0 Å². The molecule has 4 rings (SSSR count). The Morgan fingerprint density at radius 2 is 2.17 bits per heavy atom. The molecule has 2 saturated carbocycles. The van der Waals surface area contributed by atoms with E-state index in [9.17, 15) is 4.79 Å². The quantitative estimate of drug-likeness (QED) is 0.879. The highest BCUT2D eigenvalue weighted by Crippen LogP contribution is 2.46. The Bertz CT molecular complexity index is 707. The number of aromatic nitrogens is 3. The molecule has 7 heteroatoms. The molecule has 0 aromatic carbocycles. The summed E-state index contributed by atoms with van der Waals surface area (Å²) < 4.78 is 10.6. The van der Waals surface area contributed by atoms with E-state index in [2.05, 4.69) is 25.3 Å². The van der Waals surface area contributed by atoms with Crippen molar-refractivity contribution < 1.29 is 9.53 Å². The molecule has 1 amide bonds. The Balaban J connectivity index is 1.38. The molecule has 0 bridgehead atoms. The Hall–Kier alpha value is -1.89. The van der Waals surface area contributed by atoms with Crippen molar-refractivity contribution in [1.82, 2.24) is 14.6 Å². The van der Waals surface area contributed by atoms with Gasteiger partial charge in [-0.3, -0.25) is 9.89 Å². The van der Waals surface area contributed by atoms with E-state index in [4.69, 9.17) is 4.74 Å². The fourth-order valence-corrected chi connectivity index (χ4v) is 3.97. The zero-order valence-corrected chi connectivity index (χ0v) is 13.9. The van der Waals surface area contributed by atoms with E-state index in [0.29, 0.717) is 17.7 Å². The third-order valence-corrected chi connectivity index (χ3v) is 5.21. The maximum Gasteiger partial charge on any atom is 0.228 e. The van der Waals surface area contributed by atoms with E-state index in [1.165, 1.54) is 36.9 Å². The van der Waals surface area contributed by atoms with Crippen LogP contribution in [0.5, 0.6) is 5.88 Å². The van der Waals surface area contributed by atoms with Crippen LogP contribution in [-0.2, 0) is 4.79 Å². The lowest BCUT2D eigenvalue weighted by Crippen LogP contribution is -2.13. The van der Waals surface area contributed by atoms with Crippen molar-refractivity contribution >= 4 is 23.3 Å². The normalized spacial score (nSPS) is 23.9. The number of hydrogen-bond acceptors (Lipinski definition) is 5. The molecule has 2 N–H and O–H groups in total. The first-order valence-electron chi connectivity index (χ1n) is 8.13. The molecule has 0 unspecified atom stereocenters. The largest absolute Gasteiger partial charge is 0.474 e. The van der Waals surface area contributed by atoms with Crippen LogP contribution in [0.2, 0.25) is 0 Å². The molecule has 2 atom stereocenters. The van der Waals surface area contributed by atoms with Crippen LogP contribution in [0.1, 0.15) is 62.1 Å². The van der Waals surface area contributed by atoms with Gasteiger partial charge in [0.2, 0.25) is 11.8 Å². The highest BCUT2D eigenvalue weighted by molar-refractivity contribution is 7.03. The summed E-state index contributed by atoms with van der Waals surface area (Å²) in [5.41, 5.74) is 2.37. The molecule has 0 spiro atoms. The fourth-order valence-electron chi connectivity index (χ4n) is 3.27. The fraction of sp³-hybridized carbons (Fsp3) is 0.562. The molecule has 2 heterocycles. The Kier molecular flexibility index (Phi) is 3.80. The van der Waals surface area contributed by atoms with Crippen molar-refractivity contribution in [2.75, 3.05) is 5.32 Å². The summed E-state index contributed by atoms with van der Waals surface area (Å²) in [5, 5.41) is 12.0. The maximum absolute atomic E-state index is 11.1. The predicted molar refractivity (Wildman–Crippen MR) is 88.0 cm³/mol. The van der Waals surface area contributed by atoms with E-state index in [1.807, 2.05) is 6.07 Å². The maximum atomic E-state index is 11.1. The van der Waals surface area contributed by atoms with Gasteiger partial charge in [-0.05, 0) is 49.6 Å². The zero-order chi connectivity index (χ0) is 15.8. The number of amides is 1. The minimum atomic E-state index is -0.105. The minimum absolute atomic E-state index is 0.105. The molecule has 6 nitrogen and oxygen atoms in total. The molecule has 0 saturated heterocycles.